The maximum absolute atomic E-state index is 12.5. The molecule has 0 saturated carbocycles. The molecule has 0 aliphatic carbocycles. The van der Waals surface area contributed by atoms with Gasteiger partial charge in [0.2, 0.25) is 0 Å². The van der Waals surface area contributed by atoms with E-state index in [0.717, 1.165) is 0 Å². The monoisotopic (exact) mass is 145 g/mol. The van der Waals surface area contributed by atoms with Crippen LogP contribution in [0.2, 0.25) is 0 Å². The Balaban J connectivity index is 3.19. The van der Waals surface area contributed by atoms with E-state index in [0.29, 0.717) is 11.1 Å². The predicted octanol–water partition coefficient (Wildman–Crippen LogP) is 1.37. The fraction of sp³-hybridized carbons (Fsp3) is 0.125. The van der Waals surface area contributed by atoms with E-state index in [4.69, 9.17) is 13.1 Å². The molecule has 0 aliphatic rings. The fourth-order valence-corrected chi connectivity index (χ4v) is 0.840. The van der Waals surface area contributed by atoms with Crippen molar-refractivity contribution in [3.05, 3.63) is 35.1 Å². The second-order valence-electron chi connectivity index (χ2n) is 2.12. The molecular weight excluding hydrogens is 140 g/mol. The SMILES string of the molecule is [B]Cc1cc(F)ccc1C#N. The smallest absolute Gasteiger partial charge is 0.123 e. The Hall–Kier alpha value is -1.30. The Bertz CT molecular complexity index is 303. The standard InChI is InChI=1S/C8H5BFN/c9-4-7-3-8(10)2-1-6(7)5-11/h1-3H,4H2. The molecular formula is C8H5BFN. The van der Waals surface area contributed by atoms with E-state index < -0.39 is 0 Å². The van der Waals surface area contributed by atoms with Gasteiger partial charge in [-0.3, -0.25) is 0 Å². The third kappa shape index (κ3) is 1.59. The zero-order valence-corrected chi connectivity index (χ0v) is 5.84. The van der Waals surface area contributed by atoms with Gasteiger partial charge in [-0.15, -0.1) is 0 Å². The number of nitriles is 1. The average Bonchev–Trinajstić information content (AvgIpc) is 2.04. The van der Waals surface area contributed by atoms with Gasteiger partial charge in [0, 0.05) is 0 Å². The summed E-state index contributed by atoms with van der Waals surface area (Å²) in [4.78, 5) is 0. The van der Waals surface area contributed by atoms with E-state index in [2.05, 4.69) is 0 Å². The molecule has 3 heteroatoms. The number of hydrogen-bond acceptors (Lipinski definition) is 1. The van der Waals surface area contributed by atoms with Crippen LogP contribution in [0.3, 0.4) is 0 Å². The van der Waals surface area contributed by atoms with Crippen LogP contribution in [0.5, 0.6) is 0 Å². The molecule has 0 saturated heterocycles. The molecule has 0 aliphatic heterocycles. The Morgan fingerprint density at radius 3 is 2.82 bits per heavy atom. The second kappa shape index (κ2) is 3.20. The van der Waals surface area contributed by atoms with Gasteiger partial charge in [-0.25, -0.2) is 4.39 Å². The maximum atomic E-state index is 12.5. The number of hydrogen-bond donors (Lipinski definition) is 0. The van der Waals surface area contributed by atoms with Crippen LogP contribution >= 0.6 is 0 Å². The summed E-state index contributed by atoms with van der Waals surface area (Å²) in [7, 11) is 5.28. The van der Waals surface area contributed by atoms with Crippen LogP contribution in [-0.4, -0.2) is 7.85 Å². The lowest BCUT2D eigenvalue weighted by molar-refractivity contribution is 0.626. The summed E-state index contributed by atoms with van der Waals surface area (Å²) in [5.74, 6) is -0.357. The van der Waals surface area contributed by atoms with Crippen LogP contribution in [0.25, 0.3) is 0 Å². The van der Waals surface area contributed by atoms with Crippen molar-refractivity contribution < 1.29 is 4.39 Å². The summed E-state index contributed by atoms with van der Waals surface area (Å²) in [5.41, 5.74) is 0.987. The van der Waals surface area contributed by atoms with Crippen molar-refractivity contribution in [1.82, 2.24) is 0 Å². The van der Waals surface area contributed by atoms with Crippen LogP contribution in [0, 0.1) is 17.1 Å². The van der Waals surface area contributed by atoms with Gasteiger partial charge in [0.15, 0.2) is 0 Å². The van der Waals surface area contributed by atoms with Gasteiger partial charge in [-0.05, 0) is 23.8 Å². The molecule has 0 unspecified atom stereocenters. The van der Waals surface area contributed by atoms with E-state index in [1.807, 2.05) is 6.07 Å². The van der Waals surface area contributed by atoms with E-state index in [1.54, 1.807) is 0 Å². The first kappa shape index (κ1) is 7.81. The molecule has 1 nitrogen and oxygen atoms in total. The van der Waals surface area contributed by atoms with Crippen molar-refractivity contribution in [3.8, 4) is 6.07 Å². The quantitative estimate of drug-likeness (QED) is 0.547. The van der Waals surface area contributed by atoms with E-state index >= 15 is 0 Å². The molecule has 0 spiro atoms. The molecule has 0 fully saturated rings. The zero-order chi connectivity index (χ0) is 8.27. The summed E-state index contributed by atoms with van der Waals surface area (Å²) in [5, 5.41) is 8.51. The minimum Gasteiger partial charge on any atom is -0.207 e. The van der Waals surface area contributed by atoms with Gasteiger partial charge < -0.3 is 0 Å². The number of rotatable bonds is 1. The van der Waals surface area contributed by atoms with Crippen molar-refractivity contribution in [2.24, 2.45) is 0 Å². The van der Waals surface area contributed by atoms with Crippen molar-refractivity contribution in [1.29, 1.82) is 5.26 Å². The third-order valence-electron chi connectivity index (χ3n) is 1.41. The van der Waals surface area contributed by atoms with Crippen molar-refractivity contribution >= 4 is 7.85 Å². The first-order valence-corrected chi connectivity index (χ1v) is 3.16. The van der Waals surface area contributed by atoms with Crippen LogP contribution in [0.4, 0.5) is 4.39 Å². The van der Waals surface area contributed by atoms with Gasteiger partial charge in [0.05, 0.1) is 19.5 Å². The lowest BCUT2D eigenvalue weighted by atomic mass is 9.93. The summed E-state index contributed by atoms with van der Waals surface area (Å²) in [6.07, 6.45) is 0.195. The molecule has 0 amide bonds. The lowest BCUT2D eigenvalue weighted by Crippen LogP contribution is -1.90. The molecule has 52 valence electrons. The highest BCUT2D eigenvalue weighted by Crippen LogP contribution is 2.09. The van der Waals surface area contributed by atoms with Crippen molar-refractivity contribution in [3.63, 3.8) is 0 Å². The minimum absolute atomic E-state index is 0.195. The molecule has 0 atom stereocenters. The number of halogens is 1. The molecule has 1 aromatic carbocycles. The maximum Gasteiger partial charge on any atom is 0.123 e. The molecule has 1 aromatic rings. The Morgan fingerprint density at radius 1 is 1.55 bits per heavy atom. The topological polar surface area (TPSA) is 23.8 Å². The molecule has 1 rings (SSSR count). The Morgan fingerprint density at radius 2 is 2.27 bits per heavy atom. The highest BCUT2D eigenvalue weighted by molar-refractivity contribution is 6.08. The van der Waals surface area contributed by atoms with Gasteiger partial charge in [0.25, 0.3) is 0 Å². The normalized spacial score (nSPS) is 9.09. The Labute approximate surface area is 65.9 Å². The molecule has 0 bridgehead atoms. The molecule has 0 heterocycles. The van der Waals surface area contributed by atoms with Gasteiger partial charge in [-0.1, -0.05) is 6.32 Å². The Kier molecular flexibility index (Phi) is 2.27. The summed E-state index contributed by atoms with van der Waals surface area (Å²) >= 11 is 0. The first-order chi connectivity index (χ1) is 5.27. The molecule has 11 heavy (non-hydrogen) atoms. The highest BCUT2D eigenvalue weighted by atomic mass is 19.1. The van der Waals surface area contributed by atoms with E-state index in [9.17, 15) is 4.39 Å². The van der Waals surface area contributed by atoms with E-state index in [1.165, 1.54) is 18.2 Å². The van der Waals surface area contributed by atoms with Gasteiger partial charge in [0.1, 0.15) is 5.82 Å². The van der Waals surface area contributed by atoms with Crippen molar-refractivity contribution in [2.45, 2.75) is 6.32 Å². The fourth-order valence-electron chi connectivity index (χ4n) is 0.840. The molecule has 0 N–H and O–H groups in total. The number of benzene rings is 1. The van der Waals surface area contributed by atoms with E-state index in [-0.39, 0.29) is 12.1 Å². The van der Waals surface area contributed by atoms with Crippen LogP contribution < -0.4 is 0 Å². The summed E-state index contributed by atoms with van der Waals surface area (Å²) in [6, 6.07) is 5.88. The highest BCUT2D eigenvalue weighted by Gasteiger charge is 1.99. The zero-order valence-electron chi connectivity index (χ0n) is 5.84. The van der Waals surface area contributed by atoms with Crippen molar-refractivity contribution in [2.75, 3.05) is 0 Å². The third-order valence-corrected chi connectivity index (χ3v) is 1.41. The van der Waals surface area contributed by atoms with Crippen LogP contribution in [0.15, 0.2) is 18.2 Å². The van der Waals surface area contributed by atoms with Crippen LogP contribution in [0.1, 0.15) is 11.1 Å². The minimum atomic E-state index is -0.357. The average molecular weight is 145 g/mol. The van der Waals surface area contributed by atoms with Crippen LogP contribution in [-0.2, 0) is 6.32 Å². The first-order valence-electron chi connectivity index (χ1n) is 3.16. The summed E-state index contributed by atoms with van der Waals surface area (Å²) < 4.78 is 12.5. The lowest BCUT2D eigenvalue weighted by Gasteiger charge is -1.98. The molecule has 2 radical (unpaired) electrons. The van der Waals surface area contributed by atoms with Gasteiger partial charge >= 0.3 is 0 Å². The number of nitrogens with zero attached hydrogens (tertiary/aromatic N) is 1. The van der Waals surface area contributed by atoms with Gasteiger partial charge in [-0.2, -0.15) is 5.26 Å². The predicted molar refractivity (Wildman–Crippen MR) is 40.6 cm³/mol. The summed E-state index contributed by atoms with van der Waals surface area (Å²) in [6.45, 7) is 0. The largest absolute Gasteiger partial charge is 0.207 e. The second-order valence-corrected chi connectivity index (χ2v) is 2.12. The molecule has 0 aromatic heterocycles.